The van der Waals surface area contributed by atoms with Crippen LogP contribution < -0.4 is 4.72 Å². The number of nitrogens with one attached hydrogen (secondary N) is 1. The molecule has 0 aromatic carbocycles. The van der Waals surface area contributed by atoms with Gasteiger partial charge in [-0.3, -0.25) is 4.72 Å². The third kappa shape index (κ3) is 2.32. The second-order valence-electron chi connectivity index (χ2n) is 3.61. The molecule has 2 aromatic rings. The first-order chi connectivity index (χ1) is 8.42. The molecule has 0 unspecified atom stereocenters. The summed E-state index contributed by atoms with van der Waals surface area (Å²) in [5.74, 6) is 0.692. The zero-order valence-electron chi connectivity index (χ0n) is 9.64. The van der Waals surface area contributed by atoms with Crippen LogP contribution in [-0.2, 0) is 10.0 Å². The van der Waals surface area contributed by atoms with Gasteiger partial charge in [-0.05, 0) is 26.0 Å². The molecule has 0 atom stereocenters. The number of aryl methyl sites for hydroxylation is 1. The molecule has 0 spiro atoms. The first-order valence-electron chi connectivity index (χ1n) is 4.98. The fraction of sp³-hybridized carbons (Fsp3) is 0.200. The first kappa shape index (κ1) is 12.8. The number of sulfonamides is 1. The molecule has 0 saturated heterocycles. The maximum absolute atomic E-state index is 12.1. The van der Waals surface area contributed by atoms with Crippen LogP contribution in [0.3, 0.4) is 0 Å². The normalized spacial score (nSPS) is 11.5. The minimum atomic E-state index is -3.82. The van der Waals surface area contributed by atoms with Crippen molar-refractivity contribution < 1.29 is 12.9 Å². The van der Waals surface area contributed by atoms with E-state index in [1.807, 2.05) is 0 Å². The van der Waals surface area contributed by atoms with Crippen LogP contribution in [0.15, 0.2) is 27.7 Å². The fourth-order valence-corrected chi connectivity index (χ4v) is 2.78. The summed E-state index contributed by atoms with van der Waals surface area (Å²) in [7, 11) is -3.82. The van der Waals surface area contributed by atoms with E-state index in [0.717, 1.165) is 0 Å². The minimum Gasteiger partial charge on any atom is -0.359 e. The van der Waals surface area contributed by atoms with Gasteiger partial charge in [-0.15, -0.1) is 0 Å². The molecule has 0 fully saturated rings. The Bertz CT molecular complexity index is 681. The van der Waals surface area contributed by atoms with E-state index in [1.165, 1.54) is 18.3 Å². The van der Waals surface area contributed by atoms with Crippen molar-refractivity contribution in [3.05, 3.63) is 34.8 Å². The van der Waals surface area contributed by atoms with E-state index in [-0.39, 0.29) is 15.9 Å². The molecule has 0 radical (unpaired) electrons. The Morgan fingerprint density at radius 1 is 1.39 bits per heavy atom. The molecular formula is C10H10ClN3O3S. The van der Waals surface area contributed by atoms with Gasteiger partial charge in [-0.1, -0.05) is 16.8 Å². The van der Waals surface area contributed by atoms with E-state index in [4.69, 9.17) is 16.1 Å². The summed E-state index contributed by atoms with van der Waals surface area (Å²) in [5, 5.41) is 3.53. The minimum absolute atomic E-state index is 0.0946. The van der Waals surface area contributed by atoms with Gasteiger partial charge in [0, 0.05) is 11.8 Å². The van der Waals surface area contributed by atoms with Gasteiger partial charge in [-0.2, -0.15) is 0 Å². The first-order valence-corrected chi connectivity index (χ1v) is 6.84. The Morgan fingerprint density at radius 3 is 2.67 bits per heavy atom. The van der Waals surface area contributed by atoms with Gasteiger partial charge in [0.05, 0.1) is 0 Å². The maximum Gasteiger partial charge on any atom is 0.266 e. The van der Waals surface area contributed by atoms with Crippen molar-refractivity contribution in [2.24, 2.45) is 0 Å². The number of halogens is 1. The Balaban J connectivity index is 2.40. The Labute approximate surface area is 109 Å². The van der Waals surface area contributed by atoms with Gasteiger partial charge in [0.15, 0.2) is 5.82 Å². The molecule has 0 aliphatic carbocycles. The zero-order valence-corrected chi connectivity index (χ0v) is 11.2. The molecule has 18 heavy (non-hydrogen) atoms. The van der Waals surface area contributed by atoms with Gasteiger partial charge in [0.25, 0.3) is 10.0 Å². The lowest BCUT2D eigenvalue weighted by Crippen LogP contribution is -2.14. The van der Waals surface area contributed by atoms with E-state index in [1.54, 1.807) is 13.8 Å². The molecule has 0 bridgehead atoms. The largest absolute Gasteiger partial charge is 0.359 e. The van der Waals surface area contributed by atoms with E-state index in [2.05, 4.69) is 14.9 Å². The van der Waals surface area contributed by atoms with E-state index in [9.17, 15) is 8.42 Å². The highest BCUT2D eigenvalue weighted by molar-refractivity contribution is 7.92. The Morgan fingerprint density at radius 2 is 2.11 bits per heavy atom. The maximum atomic E-state index is 12.1. The molecule has 0 saturated carbocycles. The van der Waals surface area contributed by atoms with Crippen molar-refractivity contribution in [2.45, 2.75) is 18.7 Å². The molecule has 8 heteroatoms. The standard InChI is InChI=1S/C10H10ClN3O3S/c1-6-7(2)17-13-10(6)14-18(15,16)8-4-3-5-12-9(8)11/h3-5H,1-2H3,(H,13,14). The van der Waals surface area contributed by atoms with Crippen LogP contribution in [0.25, 0.3) is 0 Å². The van der Waals surface area contributed by atoms with Crippen LogP contribution in [-0.4, -0.2) is 18.6 Å². The predicted molar refractivity (Wildman–Crippen MR) is 66.0 cm³/mol. The van der Waals surface area contributed by atoms with Crippen molar-refractivity contribution in [3.8, 4) is 0 Å². The summed E-state index contributed by atoms with van der Waals surface area (Å²) in [6, 6.07) is 2.85. The molecule has 6 nitrogen and oxygen atoms in total. The second-order valence-corrected chi connectivity index (χ2v) is 5.62. The molecule has 1 N–H and O–H groups in total. The third-order valence-corrected chi connectivity index (χ3v) is 4.19. The average molecular weight is 288 g/mol. The van der Waals surface area contributed by atoms with Crippen molar-refractivity contribution in [2.75, 3.05) is 4.72 Å². The molecule has 0 aliphatic rings. The summed E-state index contributed by atoms with van der Waals surface area (Å²) in [5.41, 5.74) is 0.624. The van der Waals surface area contributed by atoms with E-state index >= 15 is 0 Å². The van der Waals surface area contributed by atoms with Crippen LogP contribution >= 0.6 is 11.6 Å². The van der Waals surface area contributed by atoms with Crippen molar-refractivity contribution in [3.63, 3.8) is 0 Å². The third-order valence-electron chi connectivity index (χ3n) is 2.40. The number of hydrogen-bond donors (Lipinski definition) is 1. The summed E-state index contributed by atoms with van der Waals surface area (Å²) in [6.07, 6.45) is 1.41. The van der Waals surface area contributed by atoms with Crippen LogP contribution in [0.1, 0.15) is 11.3 Å². The molecule has 2 aromatic heterocycles. The number of rotatable bonds is 3. The van der Waals surface area contributed by atoms with Crippen molar-refractivity contribution in [1.82, 2.24) is 10.1 Å². The number of aromatic nitrogens is 2. The van der Waals surface area contributed by atoms with Gasteiger partial charge >= 0.3 is 0 Å². The topological polar surface area (TPSA) is 85.1 Å². The van der Waals surface area contributed by atoms with Crippen LogP contribution in [0, 0.1) is 13.8 Å². The van der Waals surface area contributed by atoms with Crippen LogP contribution in [0.4, 0.5) is 5.82 Å². The summed E-state index contributed by atoms with van der Waals surface area (Å²) < 4.78 is 31.3. The highest BCUT2D eigenvalue weighted by atomic mass is 35.5. The van der Waals surface area contributed by atoms with Crippen LogP contribution in [0.2, 0.25) is 5.15 Å². The van der Waals surface area contributed by atoms with E-state index in [0.29, 0.717) is 11.3 Å². The number of hydrogen-bond acceptors (Lipinski definition) is 5. The summed E-state index contributed by atoms with van der Waals surface area (Å²) in [6.45, 7) is 3.39. The average Bonchev–Trinajstić information content (AvgIpc) is 2.61. The fourth-order valence-electron chi connectivity index (χ4n) is 1.27. The summed E-state index contributed by atoms with van der Waals surface area (Å²) >= 11 is 5.75. The van der Waals surface area contributed by atoms with Crippen molar-refractivity contribution >= 4 is 27.4 Å². The summed E-state index contributed by atoms with van der Waals surface area (Å²) in [4.78, 5) is 3.61. The molecule has 96 valence electrons. The van der Waals surface area contributed by atoms with Gasteiger partial charge in [0.2, 0.25) is 0 Å². The lowest BCUT2D eigenvalue weighted by atomic mass is 10.3. The lowest BCUT2D eigenvalue weighted by molar-refractivity contribution is 0.399. The number of nitrogens with zero attached hydrogens (tertiary/aromatic N) is 2. The molecule has 0 amide bonds. The molecular weight excluding hydrogens is 278 g/mol. The monoisotopic (exact) mass is 287 g/mol. The zero-order chi connectivity index (χ0) is 13.3. The predicted octanol–water partition coefficient (Wildman–Crippen LogP) is 2.14. The Kier molecular flexibility index (Phi) is 3.27. The Hall–Kier alpha value is -1.60. The molecule has 2 heterocycles. The van der Waals surface area contributed by atoms with Crippen LogP contribution in [0.5, 0.6) is 0 Å². The number of anilines is 1. The highest BCUT2D eigenvalue weighted by Gasteiger charge is 2.21. The molecule has 0 aliphatic heterocycles. The highest BCUT2D eigenvalue weighted by Crippen LogP contribution is 2.23. The van der Waals surface area contributed by atoms with Crippen molar-refractivity contribution in [1.29, 1.82) is 0 Å². The smallest absolute Gasteiger partial charge is 0.266 e. The van der Waals surface area contributed by atoms with Gasteiger partial charge in [0.1, 0.15) is 15.8 Å². The quantitative estimate of drug-likeness (QED) is 0.874. The molecule has 2 rings (SSSR count). The van der Waals surface area contributed by atoms with Gasteiger partial charge < -0.3 is 4.52 Å². The van der Waals surface area contributed by atoms with E-state index < -0.39 is 10.0 Å². The van der Waals surface area contributed by atoms with Gasteiger partial charge in [-0.25, -0.2) is 13.4 Å². The second kappa shape index (κ2) is 4.58. The number of pyridine rings is 1. The lowest BCUT2D eigenvalue weighted by Gasteiger charge is -2.06. The SMILES string of the molecule is Cc1onc(NS(=O)(=O)c2cccnc2Cl)c1C.